The minimum absolute atomic E-state index is 0.0141. The van der Waals surface area contributed by atoms with Gasteiger partial charge in [-0.25, -0.2) is 4.79 Å². The molecule has 0 unspecified atom stereocenters. The van der Waals surface area contributed by atoms with Crippen LogP contribution in [-0.4, -0.2) is 32.6 Å². The summed E-state index contributed by atoms with van der Waals surface area (Å²) in [6, 6.07) is 13.1. The molecule has 1 aliphatic heterocycles. The molecule has 0 fully saturated rings. The zero-order chi connectivity index (χ0) is 25.8. The summed E-state index contributed by atoms with van der Waals surface area (Å²) >= 11 is 6.61. The molecule has 0 amide bonds. The van der Waals surface area contributed by atoms with Crippen LogP contribution >= 0.6 is 11.6 Å². The second-order valence-corrected chi connectivity index (χ2v) is 9.55. The highest BCUT2D eigenvalue weighted by atomic mass is 35.5. The Morgan fingerprint density at radius 1 is 1.08 bits per heavy atom. The second-order valence-electron chi connectivity index (χ2n) is 9.14. The molecular weight excluding hydrogens is 478 g/mol. The van der Waals surface area contributed by atoms with Gasteiger partial charge in [-0.05, 0) is 55.0 Å². The van der Waals surface area contributed by atoms with Crippen molar-refractivity contribution in [3.63, 3.8) is 0 Å². The number of esters is 1. The number of ether oxygens (including phenoxy) is 3. The summed E-state index contributed by atoms with van der Waals surface area (Å²) in [4.78, 5) is 27.0. The highest BCUT2D eigenvalue weighted by Gasteiger charge is 2.42. The molecule has 2 aromatic rings. The van der Waals surface area contributed by atoms with Crippen LogP contribution in [0.5, 0.6) is 11.5 Å². The number of Topliss-reactive ketones (excluding diaryl/α,β-unsaturated/α-hetero) is 1. The van der Waals surface area contributed by atoms with Crippen molar-refractivity contribution in [3.05, 3.63) is 81.2 Å². The van der Waals surface area contributed by atoms with Gasteiger partial charge >= 0.3 is 5.97 Å². The van der Waals surface area contributed by atoms with Gasteiger partial charge in [-0.1, -0.05) is 49.2 Å². The first-order chi connectivity index (χ1) is 17.4. The van der Waals surface area contributed by atoms with E-state index in [1.807, 2.05) is 50.2 Å². The van der Waals surface area contributed by atoms with E-state index in [1.54, 1.807) is 20.3 Å². The van der Waals surface area contributed by atoms with E-state index in [-0.39, 0.29) is 11.7 Å². The number of rotatable bonds is 8. The minimum Gasteiger partial charge on any atom is -0.493 e. The zero-order valence-electron chi connectivity index (χ0n) is 21.2. The Hall–Kier alpha value is -3.25. The first-order valence-electron chi connectivity index (χ1n) is 12.3. The van der Waals surface area contributed by atoms with Gasteiger partial charge < -0.3 is 19.5 Å². The second kappa shape index (κ2) is 11.2. The van der Waals surface area contributed by atoms with E-state index in [0.29, 0.717) is 52.8 Å². The summed E-state index contributed by atoms with van der Waals surface area (Å²) in [5.74, 6) is 0.215. The fourth-order valence-electron chi connectivity index (χ4n) is 5.06. The number of methoxy groups -OCH3 is 2. The fraction of sp³-hybridized carbons (Fsp3) is 0.379. The van der Waals surface area contributed by atoms with Gasteiger partial charge in [-0.15, -0.1) is 0 Å². The van der Waals surface area contributed by atoms with E-state index in [1.165, 1.54) is 0 Å². The average molecular weight is 510 g/mol. The van der Waals surface area contributed by atoms with Crippen molar-refractivity contribution in [1.29, 1.82) is 0 Å². The van der Waals surface area contributed by atoms with Gasteiger partial charge in [0.25, 0.3) is 0 Å². The van der Waals surface area contributed by atoms with Crippen LogP contribution in [0.3, 0.4) is 0 Å². The molecule has 6 nitrogen and oxygen atoms in total. The number of carbonyl (C=O) groups excluding carboxylic acids is 2. The molecule has 0 radical (unpaired) electrons. The van der Waals surface area contributed by atoms with E-state index in [2.05, 4.69) is 5.32 Å². The molecule has 2 atom stereocenters. The van der Waals surface area contributed by atoms with Gasteiger partial charge in [0.1, 0.15) is 0 Å². The molecule has 4 rings (SSSR count). The highest BCUT2D eigenvalue weighted by Crippen LogP contribution is 2.47. The lowest BCUT2D eigenvalue weighted by atomic mass is 9.71. The third kappa shape index (κ3) is 5.00. The molecule has 2 aliphatic rings. The van der Waals surface area contributed by atoms with Gasteiger partial charge in [0.2, 0.25) is 0 Å². The molecule has 0 bridgehead atoms. The Balaban J connectivity index is 1.75. The van der Waals surface area contributed by atoms with Crippen molar-refractivity contribution in [3.8, 4) is 11.5 Å². The van der Waals surface area contributed by atoms with E-state index < -0.39 is 11.9 Å². The molecule has 1 heterocycles. The van der Waals surface area contributed by atoms with Crippen LogP contribution in [0.4, 0.5) is 0 Å². The highest BCUT2D eigenvalue weighted by molar-refractivity contribution is 6.31. The first kappa shape index (κ1) is 25.8. The van der Waals surface area contributed by atoms with Crippen LogP contribution in [0.25, 0.3) is 0 Å². The number of unbranched alkanes of at least 4 members (excludes halogenated alkanes) is 1. The Labute approximate surface area is 217 Å². The van der Waals surface area contributed by atoms with Crippen molar-refractivity contribution in [2.24, 2.45) is 0 Å². The number of hydrogen-bond acceptors (Lipinski definition) is 6. The lowest BCUT2D eigenvalue weighted by molar-refractivity contribution is -0.139. The number of carbonyl (C=O) groups is 2. The lowest BCUT2D eigenvalue weighted by Gasteiger charge is -2.37. The van der Waals surface area contributed by atoms with Crippen molar-refractivity contribution in [2.75, 3.05) is 20.8 Å². The van der Waals surface area contributed by atoms with E-state index in [9.17, 15) is 9.59 Å². The van der Waals surface area contributed by atoms with Gasteiger partial charge in [-0.2, -0.15) is 0 Å². The number of dihydropyridines is 1. The average Bonchev–Trinajstić information content (AvgIpc) is 2.87. The normalized spacial score (nSPS) is 19.5. The summed E-state index contributed by atoms with van der Waals surface area (Å²) in [6.45, 7) is 4.23. The van der Waals surface area contributed by atoms with E-state index >= 15 is 0 Å². The quantitative estimate of drug-likeness (QED) is 0.344. The fourth-order valence-corrected chi connectivity index (χ4v) is 5.30. The molecule has 0 saturated heterocycles. The van der Waals surface area contributed by atoms with Crippen LogP contribution in [0, 0.1) is 0 Å². The molecule has 7 heteroatoms. The molecule has 0 spiro atoms. The summed E-state index contributed by atoms with van der Waals surface area (Å²) < 4.78 is 16.4. The standard InChI is InChI=1S/C29H32ClNO5/c1-5-6-13-36-29(33)26-17(2)31-22-14-19(18-11-12-24(34-3)25(16-18)35-4)15-23(32)28(22)27(26)20-9-7-8-10-21(20)30/h7-12,16,19,27,31H,5-6,13-15H2,1-4H3/t19-,27-/m1/s1. The van der Waals surface area contributed by atoms with Crippen molar-refractivity contribution < 1.29 is 23.8 Å². The number of ketones is 1. The van der Waals surface area contributed by atoms with Crippen LogP contribution in [-0.2, 0) is 14.3 Å². The Bertz CT molecular complexity index is 1230. The third-order valence-corrected chi connectivity index (χ3v) is 7.22. The molecule has 2 aromatic carbocycles. The SMILES string of the molecule is CCCCOC(=O)C1=C(C)NC2=C(C(=O)C[C@H](c3ccc(OC)c(OC)c3)C2)[C@@H]1c1ccccc1Cl. The smallest absolute Gasteiger partial charge is 0.336 e. The molecule has 1 aliphatic carbocycles. The van der Waals surface area contributed by atoms with Gasteiger partial charge in [0.05, 0.1) is 26.4 Å². The predicted molar refractivity (Wildman–Crippen MR) is 139 cm³/mol. The van der Waals surface area contributed by atoms with E-state index in [0.717, 1.165) is 29.7 Å². The van der Waals surface area contributed by atoms with Gasteiger partial charge in [0.15, 0.2) is 17.3 Å². The van der Waals surface area contributed by atoms with E-state index in [4.69, 9.17) is 25.8 Å². The molecular formula is C29H32ClNO5. The summed E-state index contributed by atoms with van der Waals surface area (Å²) in [5, 5.41) is 3.89. The zero-order valence-corrected chi connectivity index (χ0v) is 21.9. The maximum Gasteiger partial charge on any atom is 0.336 e. The van der Waals surface area contributed by atoms with Crippen LogP contribution in [0.2, 0.25) is 5.02 Å². The molecule has 190 valence electrons. The van der Waals surface area contributed by atoms with Crippen molar-refractivity contribution >= 4 is 23.4 Å². The monoisotopic (exact) mass is 509 g/mol. The maximum atomic E-state index is 13.7. The van der Waals surface area contributed by atoms with Crippen LogP contribution in [0.1, 0.15) is 62.5 Å². The minimum atomic E-state index is -0.581. The van der Waals surface area contributed by atoms with Crippen LogP contribution in [0.15, 0.2) is 65.0 Å². The van der Waals surface area contributed by atoms with Crippen molar-refractivity contribution in [2.45, 2.75) is 51.4 Å². The molecule has 0 aromatic heterocycles. The number of nitrogens with one attached hydrogen (secondary N) is 1. The summed E-state index contributed by atoms with van der Waals surface area (Å²) in [7, 11) is 3.19. The topological polar surface area (TPSA) is 73.9 Å². The van der Waals surface area contributed by atoms with Crippen LogP contribution < -0.4 is 14.8 Å². The Morgan fingerprint density at radius 3 is 2.53 bits per heavy atom. The predicted octanol–water partition coefficient (Wildman–Crippen LogP) is 6.06. The number of allylic oxidation sites excluding steroid dienone is 3. The maximum absolute atomic E-state index is 13.7. The number of halogens is 1. The lowest BCUT2D eigenvalue weighted by Crippen LogP contribution is -2.36. The van der Waals surface area contributed by atoms with Crippen molar-refractivity contribution in [1.82, 2.24) is 5.32 Å². The van der Waals surface area contributed by atoms with Gasteiger partial charge in [-0.3, -0.25) is 4.79 Å². The Kier molecular flexibility index (Phi) is 8.04. The summed E-state index contributed by atoms with van der Waals surface area (Å²) in [5.41, 5.74) is 4.26. The number of hydrogen-bond donors (Lipinski definition) is 1. The molecule has 0 saturated carbocycles. The largest absolute Gasteiger partial charge is 0.493 e. The molecule has 1 N–H and O–H groups in total. The number of benzene rings is 2. The first-order valence-corrected chi connectivity index (χ1v) is 12.6. The molecule has 36 heavy (non-hydrogen) atoms. The Morgan fingerprint density at radius 2 is 1.83 bits per heavy atom. The summed E-state index contributed by atoms with van der Waals surface area (Å²) in [6.07, 6.45) is 2.63. The third-order valence-electron chi connectivity index (χ3n) is 6.87. The van der Waals surface area contributed by atoms with Gasteiger partial charge in [0, 0.05) is 34.3 Å².